The Kier molecular flexibility index (Phi) is 5.32. The maximum absolute atomic E-state index is 12.1. The summed E-state index contributed by atoms with van der Waals surface area (Å²) in [4.78, 5) is 25.4. The summed E-state index contributed by atoms with van der Waals surface area (Å²) < 4.78 is 12.6. The molecule has 0 fully saturated rings. The van der Waals surface area contributed by atoms with Crippen molar-refractivity contribution < 1.29 is 19.1 Å². The molecule has 6 nitrogen and oxygen atoms in total. The van der Waals surface area contributed by atoms with Crippen molar-refractivity contribution in [2.24, 2.45) is 0 Å². The van der Waals surface area contributed by atoms with Crippen molar-refractivity contribution >= 4 is 61.8 Å². The number of thiophene rings is 1. The van der Waals surface area contributed by atoms with Crippen LogP contribution >= 0.6 is 33.9 Å². The molecule has 0 atom stereocenters. The molecule has 2 N–H and O–H groups in total. The number of nitrogens with two attached hydrogens (primary N) is 1. The summed E-state index contributed by atoms with van der Waals surface area (Å²) in [6.07, 6.45) is 0. The number of halogens is 1. The minimum absolute atomic E-state index is 0.284. The Morgan fingerprint density at radius 1 is 1.18 bits per heavy atom. The third-order valence-corrected chi connectivity index (χ3v) is 5.75. The molecule has 22 heavy (non-hydrogen) atoms. The van der Waals surface area contributed by atoms with E-state index in [0.717, 1.165) is 10.2 Å². The predicted molar refractivity (Wildman–Crippen MR) is 94.5 cm³/mol. The average Bonchev–Trinajstić information content (AvgIpc) is 2.95. The van der Waals surface area contributed by atoms with E-state index in [0.29, 0.717) is 33.0 Å². The van der Waals surface area contributed by atoms with E-state index in [2.05, 4.69) is 22.6 Å². The molecule has 0 saturated carbocycles. The number of rotatable bonds is 5. The Hall–Kier alpha value is -1.29. The lowest BCUT2D eigenvalue weighted by Crippen LogP contribution is -2.13. The first-order valence-corrected chi connectivity index (χ1v) is 8.81. The van der Waals surface area contributed by atoms with Crippen molar-refractivity contribution in [1.29, 1.82) is 0 Å². The second-order valence-electron chi connectivity index (χ2n) is 4.37. The summed E-state index contributed by atoms with van der Waals surface area (Å²) in [7, 11) is 0. The van der Waals surface area contributed by atoms with Crippen LogP contribution in [-0.4, -0.2) is 29.7 Å². The zero-order valence-electron chi connectivity index (χ0n) is 12.6. The van der Waals surface area contributed by atoms with Crippen molar-refractivity contribution in [3.8, 4) is 0 Å². The van der Waals surface area contributed by atoms with Gasteiger partial charge in [0, 0.05) is 11.9 Å². The lowest BCUT2D eigenvalue weighted by Gasteiger charge is -2.07. The Bertz CT molecular complexity index is 735. The van der Waals surface area contributed by atoms with E-state index in [4.69, 9.17) is 15.2 Å². The second kappa shape index (κ2) is 6.86. The van der Waals surface area contributed by atoms with Crippen molar-refractivity contribution in [3.05, 3.63) is 14.1 Å². The highest BCUT2D eigenvalue weighted by molar-refractivity contribution is 14.1. The predicted octanol–water partition coefficient (Wildman–Crippen LogP) is 3.26. The number of hydrogen-bond donors (Lipinski definition) is 1. The van der Waals surface area contributed by atoms with Crippen LogP contribution in [-0.2, 0) is 16.0 Å². The van der Waals surface area contributed by atoms with E-state index >= 15 is 0 Å². The maximum Gasteiger partial charge on any atom is 0.357 e. The van der Waals surface area contributed by atoms with Gasteiger partial charge in [-0.25, -0.2) is 9.59 Å². The number of esters is 2. The van der Waals surface area contributed by atoms with Crippen LogP contribution in [0.1, 0.15) is 40.9 Å². The standard InChI is InChI=1S/C14H17IN2O4S/c1-4-17-10(13(18)20-5-2)9(16)7-8(15)11(22-12(7)17)14(19)21-6-3/h4-6,16H2,1-3H3. The third kappa shape index (κ3) is 2.69. The first kappa shape index (κ1) is 17.1. The molecule has 2 heterocycles. The molecule has 0 aliphatic rings. The number of ether oxygens (including phenoxy) is 2. The molecular weight excluding hydrogens is 419 g/mol. The summed E-state index contributed by atoms with van der Waals surface area (Å²) in [6, 6.07) is 0. The van der Waals surface area contributed by atoms with E-state index in [1.54, 1.807) is 18.4 Å². The first-order valence-electron chi connectivity index (χ1n) is 6.91. The second-order valence-corrected chi connectivity index (χ2v) is 6.45. The topological polar surface area (TPSA) is 83.6 Å². The average molecular weight is 436 g/mol. The normalized spacial score (nSPS) is 10.9. The highest BCUT2D eigenvalue weighted by Gasteiger charge is 2.28. The molecule has 0 unspecified atom stereocenters. The number of nitrogens with zero attached hydrogens (tertiary/aromatic N) is 1. The monoisotopic (exact) mass is 436 g/mol. The number of nitrogen functional groups attached to an aromatic ring is 1. The highest BCUT2D eigenvalue weighted by Crippen LogP contribution is 2.40. The van der Waals surface area contributed by atoms with Crippen LogP contribution in [0.5, 0.6) is 0 Å². The van der Waals surface area contributed by atoms with Crippen molar-refractivity contribution in [2.45, 2.75) is 27.3 Å². The molecule has 0 spiro atoms. The minimum Gasteiger partial charge on any atom is -0.462 e. The first-order chi connectivity index (χ1) is 10.5. The SMILES string of the molecule is CCOC(=O)c1sc2c(c(N)c(C(=O)OCC)n2CC)c1I. The smallest absolute Gasteiger partial charge is 0.357 e. The van der Waals surface area contributed by atoms with Crippen LogP contribution < -0.4 is 5.73 Å². The highest BCUT2D eigenvalue weighted by atomic mass is 127. The van der Waals surface area contributed by atoms with E-state index in [1.807, 2.05) is 6.92 Å². The summed E-state index contributed by atoms with van der Waals surface area (Å²) in [5.41, 5.74) is 6.86. The Balaban J connectivity index is 2.66. The Morgan fingerprint density at radius 3 is 2.32 bits per heavy atom. The molecule has 0 bridgehead atoms. The fraction of sp³-hybridized carbons (Fsp3) is 0.429. The van der Waals surface area contributed by atoms with E-state index < -0.39 is 5.97 Å². The number of carbonyl (C=O) groups is 2. The van der Waals surface area contributed by atoms with Gasteiger partial charge in [0.2, 0.25) is 0 Å². The molecule has 120 valence electrons. The molecule has 0 aromatic carbocycles. The third-order valence-electron chi connectivity index (χ3n) is 3.12. The van der Waals surface area contributed by atoms with Gasteiger partial charge >= 0.3 is 11.9 Å². The van der Waals surface area contributed by atoms with Crippen molar-refractivity contribution in [1.82, 2.24) is 4.57 Å². The van der Waals surface area contributed by atoms with Crippen LogP contribution in [0.15, 0.2) is 0 Å². The molecule has 8 heteroatoms. The number of aromatic nitrogens is 1. The molecule has 0 radical (unpaired) electrons. The molecule has 2 rings (SSSR count). The molecular formula is C14H17IN2O4S. The fourth-order valence-electron chi connectivity index (χ4n) is 2.24. The van der Waals surface area contributed by atoms with Gasteiger partial charge in [0.05, 0.1) is 22.5 Å². The molecule has 0 saturated heterocycles. The number of hydrogen-bond acceptors (Lipinski definition) is 6. The molecule has 0 aliphatic heterocycles. The van der Waals surface area contributed by atoms with Crippen LogP contribution in [0.4, 0.5) is 5.69 Å². The number of aryl methyl sites for hydroxylation is 1. The van der Waals surface area contributed by atoms with Gasteiger partial charge < -0.3 is 19.8 Å². The largest absolute Gasteiger partial charge is 0.462 e. The zero-order valence-corrected chi connectivity index (χ0v) is 15.5. The number of carbonyl (C=O) groups excluding carboxylic acids is 2. The lowest BCUT2D eigenvalue weighted by atomic mass is 10.3. The van der Waals surface area contributed by atoms with Gasteiger partial charge in [-0.3, -0.25) is 0 Å². The van der Waals surface area contributed by atoms with Gasteiger partial charge in [-0.1, -0.05) is 0 Å². The van der Waals surface area contributed by atoms with Crippen molar-refractivity contribution in [3.63, 3.8) is 0 Å². The van der Waals surface area contributed by atoms with Gasteiger partial charge in [-0.05, 0) is 43.4 Å². The van der Waals surface area contributed by atoms with E-state index in [-0.39, 0.29) is 12.6 Å². The summed E-state index contributed by atoms with van der Waals surface area (Å²) in [5, 5.41) is 0.721. The summed E-state index contributed by atoms with van der Waals surface area (Å²) in [5.74, 6) is -0.813. The maximum atomic E-state index is 12.1. The molecule has 0 amide bonds. The molecule has 2 aromatic heterocycles. The minimum atomic E-state index is -0.446. The lowest BCUT2D eigenvalue weighted by molar-refractivity contribution is 0.0512. The van der Waals surface area contributed by atoms with Gasteiger partial charge in [0.25, 0.3) is 0 Å². The van der Waals surface area contributed by atoms with Crippen molar-refractivity contribution in [2.75, 3.05) is 18.9 Å². The van der Waals surface area contributed by atoms with E-state index in [9.17, 15) is 9.59 Å². The fourth-order valence-corrected chi connectivity index (χ4v) is 4.69. The number of anilines is 1. The Labute approximate surface area is 145 Å². The van der Waals surface area contributed by atoms with Gasteiger partial charge in [-0.15, -0.1) is 11.3 Å². The summed E-state index contributed by atoms with van der Waals surface area (Å²) in [6.45, 7) is 6.58. The van der Waals surface area contributed by atoms with Gasteiger partial charge in [0.15, 0.2) is 5.69 Å². The summed E-state index contributed by atoms with van der Waals surface area (Å²) >= 11 is 3.36. The van der Waals surface area contributed by atoms with Crippen LogP contribution in [0.3, 0.4) is 0 Å². The van der Waals surface area contributed by atoms with Crippen LogP contribution in [0, 0.1) is 3.57 Å². The van der Waals surface area contributed by atoms with Crippen LogP contribution in [0.2, 0.25) is 0 Å². The number of fused-ring (bicyclic) bond motifs is 1. The molecule has 0 aliphatic carbocycles. The quantitative estimate of drug-likeness (QED) is 0.575. The molecule has 2 aromatic rings. The Morgan fingerprint density at radius 2 is 1.77 bits per heavy atom. The zero-order chi connectivity index (χ0) is 16.4. The van der Waals surface area contributed by atoms with Gasteiger partial charge in [-0.2, -0.15) is 0 Å². The van der Waals surface area contributed by atoms with Crippen LogP contribution in [0.25, 0.3) is 10.2 Å². The van der Waals surface area contributed by atoms with Gasteiger partial charge in [0.1, 0.15) is 9.71 Å². The van der Waals surface area contributed by atoms with E-state index in [1.165, 1.54) is 11.3 Å².